The van der Waals surface area contributed by atoms with Crippen LogP contribution in [0, 0.1) is 5.92 Å². The van der Waals surface area contributed by atoms with E-state index in [0.29, 0.717) is 18.7 Å². The van der Waals surface area contributed by atoms with Crippen molar-refractivity contribution in [1.82, 2.24) is 5.32 Å². The number of nitrogens with one attached hydrogen (secondary N) is 1. The number of para-hydroxylation sites is 1. The zero-order chi connectivity index (χ0) is 14.4. The highest BCUT2D eigenvalue weighted by atomic mass is 19.3. The van der Waals surface area contributed by atoms with E-state index in [1.165, 1.54) is 0 Å². The van der Waals surface area contributed by atoms with Gasteiger partial charge in [-0.15, -0.1) is 0 Å². The summed E-state index contributed by atoms with van der Waals surface area (Å²) < 4.78 is 29.1. The highest BCUT2D eigenvalue weighted by molar-refractivity contribution is 5.33. The van der Waals surface area contributed by atoms with Crippen molar-refractivity contribution >= 4 is 0 Å². The minimum Gasteiger partial charge on any atom is -0.434 e. The maximum absolute atomic E-state index is 12.3. The summed E-state index contributed by atoms with van der Waals surface area (Å²) in [5, 5.41) is 13.1. The lowest BCUT2D eigenvalue weighted by molar-refractivity contribution is -0.0505. The Morgan fingerprint density at radius 2 is 2.00 bits per heavy atom. The van der Waals surface area contributed by atoms with Gasteiger partial charge in [-0.25, -0.2) is 0 Å². The lowest BCUT2D eigenvalue weighted by Crippen LogP contribution is -2.33. The number of aliphatic hydroxyl groups excluding tert-OH is 1. The molecule has 5 heteroatoms. The second kappa shape index (κ2) is 7.55. The molecule has 1 aromatic carbocycles. The first-order chi connectivity index (χ1) is 9.66. The van der Waals surface area contributed by atoms with E-state index in [9.17, 15) is 13.9 Å². The molecular weight excluding hydrogens is 264 g/mol. The fraction of sp³-hybridized carbons (Fsp3) is 0.600. The fourth-order valence-electron chi connectivity index (χ4n) is 2.68. The molecule has 0 aromatic heterocycles. The van der Waals surface area contributed by atoms with Crippen LogP contribution in [0.5, 0.6) is 5.75 Å². The first-order valence-corrected chi connectivity index (χ1v) is 7.08. The Labute approximate surface area is 117 Å². The van der Waals surface area contributed by atoms with Gasteiger partial charge in [0.2, 0.25) is 0 Å². The molecule has 1 aliphatic rings. The van der Waals surface area contributed by atoms with Gasteiger partial charge in [-0.1, -0.05) is 31.0 Å². The summed E-state index contributed by atoms with van der Waals surface area (Å²) in [6.07, 6.45) is 3.86. The topological polar surface area (TPSA) is 41.5 Å². The number of rotatable bonds is 6. The Morgan fingerprint density at radius 3 is 2.75 bits per heavy atom. The number of benzene rings is 1. The molecule has 20 heavy (non-hydrogen) atoms. The van der Waals surface area contributed by atoms with Crippen LogP contribution in [0.4, 0.5) is 8.78 Å². The van der Waals surface area contributed by atoms with Gasteiger partial charge in [0.15, 0.2) is 0 Å². The SMILES string of the molecule is OC1CCCCC1CNCc1ccccc1OC(F)F. The van der Waals surface area contributed by atoms with Gasteiger partial charge < -0.3 is 15.2 Å². The van der Waals surface area contributed by atoms with Gasteiger partial charge in [0.1, 0.15) is 5.75 Å². The molecule has 2 unspecified atom stereocenters. The molecule has 0 radical (unpaired) electrons. The zero-order valence-electron chi connectivity index (χ0n) is 11.4. The maximum atomic E-state index is 12.3. The molecule has 0 saturated heterocycles. The summed E-state index contributed by atoms with van der Waals surface area (Å²) in [5.74, 6) is 0.464. The van der Waals surface area contributed by atoms with Crippen molar-refractivity contribution in [2.75, 3.05) is 6.54 Å². The van der Waals surface area contributed by atoms with E-state index in [0.717, 1.165) is 25.7 Å². The summed E-state index contributed by atoms with van der Waals surface area (Å²) in [7, 11) is 0. The van der Waals surface area contributed by atoms with E-state index in [2.05, 4.69) is 10.1 Å². The monoisotopic (exact) mass is 285 g/mol. The van der Waals surface area contributed by atoms with E-state index in [-0.39, 0.29) is 17.8 Å². The molecule has 2 rings (SSSR count). The Balaban J connectivity index is 1.84. The molecule has 0 amide bonds. The quantitative estimate of drug-likeness (QED) is 0.844. The second-order valence-electron chi connectivity index (χ2n) is 5.23. The smallest absolute Gasteiger partial charge is 0.387 e. The summed E-state index contributed by atoms with van der Waals surface area (Å²) in [6.45, 7) is -1.65. The van der Waals surface area contributed by atoms with E-state index < -0.39 is 6.61 Å². The van der Waals surface area contributed by atoms with Crippen LogP contribution in [0.15, 0.2) is 24.3 Å². The highest BCUT2D eigenvalue weighted by Crippen LogP contribution is 2.24. The van der Waals surface area contributed by atoms with Gasteiger partial charge in [-0.3, -0.25) is 0 Å². The Kier molecular flexibility index (Phi) is 5.73. The number of ether oxygens (including phenoxy) is 1. The van der Waals surface area contributed by atoms with Gasteiger partial charge in [-0.05, 0) is 24.8 Å². The van der Waals surface area contributed by atoms with Gasteiger partial charge in [0.05, 0.1) is 6.10 Å². The molecular formula is C15H21F2NO2. The third kappa shape index (κ3) is 4.42. The zero-order valence-corrected chi connectivity index (χ0v) is 11.4. The lowest BCUT2D eigenvalue weighted by Gasteiger charge is -2.27. The summed E-state index contributed by atoms with van der Waals surface area (Å²) in [6, 6.07) is 6.78. The van der Waals surface area contributed by atoms with E-state index in [4.69, 9.17) is 0 Å². The molecule has 0 aliphatic heterocycles. The Bertz CT molecular complexity index is 415. The number of aliphatic hydroxyl groups is 1. The predicted molar refractivity (Wildman–Crippen MR) is 72.7 cm³/mol. The third-order valence-corrected chi connectivity index (χ3v) is 3.78. The van der Waals surface area contributed by atoms with Gasteiger partial charge in [-0.2, -0.15) is 8.78 Å². The number of hydrogen-bond acceptors (Lipinski definition) is 3. The number of hydrogen-bond donors (Lipinski definition) is 2. The average Bonchev–Trinajstić information content (AvgIpc) is 2.42. The molecule has 2 N–H and O–H groups in total. The predicted octanol–water partition coefficient (Wildman–Crippen LogP) is 2.93. The van der Waals surface area contributed by atoms with Crippen molar-refractivity contribution in [3.63, 3.8) is 0 Å². The molecule has 1 aromatic rings. The van der Waals surface area contributed by atoms with Crippen LogP contribution < -0.4 is 10.1 Å². The van der Waals surface area contributed by atoms with Crippen LogP contribution in [0.25, 0.3) is 0 Å². The maximum Gasteiger partial charge on any atom is 0.387 e. The molecule has 0 spiro atoms. The first-order valence-electron chi connectivity index (χ1n) is 7.08. The fourth-order valence-corrected chi connectivity index (χ4v) is 2.68. The summed E-state index contributed by atoms with van der Waals surface area (Å²) in [5.41, 5.74) is 0.707. The third-order valence-electron chi connectivity index (χ3n) is 3.78. The molecule has 2 atom stereocenters. The Morgan fingerprint density at radius 1 is 1.25 bits per heavy atom. The van der Waals surface area contributed by atoms with Crippen LogP contribution in [-0.2, 0) is 6.54 Å². The molecule has 1 saturated carbocycles. The van der Waals surface area contributed by atoms with Crippen LogP contribution in [0.3, 0.4) is 0 Å². The van der Waals surface area contributed by atoms with E-state index in [1.807, 2.05) is 0 Å². The van der Waals surface area contributed by atoms with Crippen molar-refractivity contribution in [2.24, 2.45) is 5.92 Å². The minimum atomic E-state index is -2.81. The largest absolute Gasteiger partial charge is 0.434 e. The van der Waals surface area contributed by atoms with Crippen molar-refractivity contribution in [1.29, 1.82) is 0 Å². The van der Waals surface area contributed by atoms with Gasteiger partial charge in [0.25, 0.3) is 0 Å². The first kappa shape index (κ1) is 15.2. The van der Waals surface area contributed by atoms with Gasteiger partial charge >= 0.3 is 6.61 Å². The molecule has 0 heterocycles. The highest BCUT2D eigenvalue weighted by Gasteiger charge is 2.22. The van der Waals surface area contributed by atoms with E-state index >= 15 is 0 Å². The molecule has 112 valence electrons. The molecule has 3 nitrogen and oxygen atoms in total. The van der Waals surface area contributed by atoms with Crippen LogP contribution in [0.1, 0.15) is 31.2 Å². The van der Waals surface area contributed by atoms with Crippen LogP contribution in [-0.4, -0.2) is 24.4 Å². The standard InChI is InChI=1S/C15H21F2NO2/c16-15(17)20-14-8-4-2-6-12(14)10-18-9-11-5-1-3-7-13(11)19/h2,4,6,8,11,13,15,18-19H,1,3,5,7,9-10H2. The van der Waals surface area contributed by atoms with Gasteiger partial charge in [0, 0.05) is 18.7 Å². The lowest BCUT2D eigenvalue weighted by atomic mass is 9.86. The number of alkyl halides is 2. The minimum absolute atomic E-state index is 0.208. The molecule has 1 fully saturated rings. The average molecular weight is 285 g/mol. The van der Waals surface area contributed by atoms with Crippen LogP contribution >= 0.6 is 0 Å². The molecule has 0 bridgehead atoms. The normalized spacial score (nSPS) is 23.0. The van der Waals surface area contributed by atoms with Crippen molar-refractivity contribution < 1.29 is 18.6 Å². The van der Waals surface area contributed by atoms with Crippen LogP contribution in [0.2, 0.25) is 0 Å². The second-order valence-corrected chi connectivity index (χ2v) is 5.23. The molecule has 1 aliphatic carbocycles. The summed E-state index contributed by atoms with van der Waals surface area (Å²) >= 11 is 0. The number of halogens is 2. The van der Waals surface area contributed by atoms with E-state index in [1.54, 1.807) is 24.3 Å². The van der Waals surface area contributed by atoms with Crippen molar-refractivity contribution in [3.05, 3.63) is 29.8 Å². The summed E-state index contributed by atoms with van der Waals surface area (Å²) in [4.78, 5) is 0. The Hall–Kier alpha value is -1.20. The van der Waals surface area contributed by atoms with Crippen molar-refractivity contribution in [3.8, 4) is 5.75 Å². The van der Waals surface area contributed by atoms with Crippen molar-refractivity contribution in [2.45, 2.75) is 44.9 Å².